The van der Waals surface area contributed by atoms with Gasteiger partial charge < -0.3 is 21.9 Å². The van der Waals surface area contributed by atoms with E-state index in [-0.39, 0.29) is 0 Å². The van der Waals surface area contributed by atoms with E-state index in [9.17, 15) is 4.79 Å². The Morgan fingerprint density at radius 2 is 1.81 bits per heavy atom. The van der Waals surface area contributed by atoms with Crippen molar-refractivity contribution in [2.45, 2.75) is 20.0 Å². The summed E-state index contributed by atoms with van der Waals surface area (Å²) in [5.41, 5.74) is 13.1. The van der Waals surface area contributed by atoms with Gasteiger partial charge >= 0.3 is 6.09 Å². The molecule has 5 nitrogen and oxygen atoms in total. The first kappa shape index (κ1) is 14.4. The van der Waals surface area contributed by atoms with Crippen LogP contribution in [0.4, 0.5) is 4.79 Å². The molecule has 0 aliphatic rings. The minimum Gasteiger partial charge on any atom is -0.465 e. The van der Waals surface area contributed by atoms with Crippen LogP contribution in [0.2, 0.25) is 0 Å². The zero-order valence-electron chi connectivity index (χ0n) is 9.44. The van der Waals surface area contributed by atoms with Crippen LogP contribution in [0.5, 0.6) is 0 Å². The molecular formula is C11H19N3O2. The molecule has 0 spiro atoms. The number of hydrogen-bond donors (Lipinski definition) is 4. The minimum atomic E-state index is -0.961. The van der Waals surface area contributed by atoms with E-state index in [1.807, 2.05) is 24.3 Å². The summed E-state index contributed by atoms with van der Waals surface area (Å²) in [6, 6.07) is 8.00. The number of carboxylic acid groups (broad SMARTS) is 1. The van der Waals surface area contributed by atoms with Crippen molar-refractivity contribution < 1.29 is 9.90 Å². The van der Waals surface area contributed by atoms with E-state index in [0.29, 0.717) is 19.6 Å². The second-order valence-corrected chi connectivity index (χ2v) is 3.06. The lowest BCUT2D eigenvalue weighted by molar-refractivity contribution is 0.195. The number of benzene rings is 1. The van der Waals surface area contributed by atoms with Crippen LogP contribution < -0.4 is 16.8 Å². The molecule has 5 heteroatoms. The van der Waals surface area contributed by atoms with Crippen LogP contribution >= 0.6 is 0 Å². The van der Waals surface area contributed by atoms with Crippen LogP contribution in [-0.4, -0.2) is 17.7 Å². The molecule has 0 fully saturated rings. The van der Waals surface area contributed by atoms with E-state index in [1.165, 1.54) is 0 Å². The Morgan fingerprint density at radius 3 is 2.06 bits per heavy atom. The summed E-state index contributed by atoms with van der Waals surface area (Å²) < 4.78 is 0. The highest BCUT2D eigenvalue weighted by Gasteiger charge is 1.89. The maximum Gasteiger partial charge on any atom is 0.404 e. The van der Waals surface area contributed by atoms with Gasteiger partial charge in [-0.15, -0.1) is 0 Å². The van der Waals surface area contributed by atoms with Gasteiger partial charge in [-0.2, -0.15) is 0 Å². The van der Waals surface area contributed by atoms with Gasteiger partial charge in [-0.3, -0.25) is 0 Å². The van der Waals surface area contributed by atoms with Crippen LogP contribution in [0.25, 0.3) is 0 Å². The molecule has 0 aromatic heterocycles. The fourth-order valence-corrected chi connectivity index (χ4v) is 1.03. The highest BCUT2D eigenvalue weighted by molar-refractivity contribution is 5.64. The predicted molar refractivity (Wildman–Crippen MR) is 63.9 cm³/mol. The molecule has 90 valence electrons. The molecule has 0 heterocycles. The third-order valence-electron chi connectivity index (χ3n) is 1.79. The number of nitrogens with two attached hydrogens (primary N) is 2. The Hall–Kier alpha value is -1.59. The molecule has 1 rings (SSSR count). The van der Waals surface area contributed by atoms with Gasteiger partial charge in [-0.1, -0.05) is 24.3 Å². The minimum absolute atomic E-state index is 0.481. The Kier molecular flexibility index (Phi) is 7.83. The molecule has 1 amide bonds. The van der Waals surface area contributed by atoms with Crippen molar-refractivity contribution in [1.29, 1.82) is 0 Å². The topological polar surface area (TPSA) is 101 Å². The fraction of sp³-hybridized carbons (Fsp3) is 0.364. The lowest BCUT2D eigenvalue weighted by atomic mass is 10.1. The molecule has 0 atom stereocenters. The van der Waals surface area contributed by atoms with Gasteiger partial charge in [0.1, 0.15) is 0 Å². The Labute approximate surface area is 95.4 Å². The molecule has 0 aliphatic carbocycles. The van der Waals surface area contributed by atoms with Gasteiger partial charge in [-0.05, 0) is 18.1 Å². The first-order valence-electron chi connectivity index (χ1n) is 5.08. The molecule has 16 heavy (non-hydrogen) atoms. The molecule has 0 radical (unpaired) electrons. The second-order valence-electron chi connectivity index (χ2n) is 3.06. The molecule has 0 unspecified atom stereocenters. The number of amides is 1. The molecule has 0 saturated carbocycles. The first-order chi connectivity index (χ1) is 7.63. The molecule has 0 saturated heterocycles. The van der Waals surface area contributed by atoms with Gasteiger partial charge in [-0.25, -0.2) is 4.79 Å². The van der Waals surface area contributed by atoms with E-state index in [0.717, 1.165) is 11.1 Å². The maximum atomic E-state index is 9.49. The SMILES string of the molecule is CCNC(=O)O.NCc1cccc(CN)c1. The average molecular weight is 225 g/mol. The number of rotatable bonds is 3. The van der Waals surface area contributed by atoms with E-state index in [2.05, 4.69) is 5.32 Å². The quantitative estimate of drug-likeness (QED) is 0.613. The van der Waals surface area contributed by atoms with Crippen molar-refractivity contribution in [3.8, 4) is 0 Å². The van der Waals surface area contributed by atoms with Crippen molar-refractivity contribution in [2.24, 2.45) is 11.5 Å². The van der Waals surface area contributed by atoms with E-state index < -0.39 is 6.09 Å². The Balaban J connectivity index is 0.000000325. The number of hydrogen-bond acceptors (Lipinski definition) is 3. The maximum absolute atomic E-state index is 9.49. The first-order valence-corrected chi connectivity index (χ1v) is 5.08. The van der Waals surface area contributed by atoms with Crippen molar-refractivity contribution in [2.75, 3.05) is 6.54 Å². The van der Waals surface area contributed by atoms with Crippen molar-refractivity contribution in [3.05, 3.63) is 35.4 Å². The van der Waals surface area contributed by atoms with Crippen LogP contribution in [-0.2, 0) is 13.1 Å². The van der Waals surface area contributed by atoms with Crippen LogP contribution in [0.15, 0.2) is 24.3 Å². The normalized spacial score (nSPS) is 8.94. The van der Waals surface area contributed by atoms with E-state index >= 15 is 0 Å². The summed E-state index contributed by atoms with van der Waals surface area (Å²) in [6.45, 7) is 3.39. The van der Waals surface area contributed by atoms with Crippen LogP contribution in [0.3, 0.4) is 0 Å². The lowest BCUT2D eigenvalue weighted by Gasteiger charge is -1.98. The predicted octanol–water partition coefficient (Wildman–Crippen LogP) is 0.878. The summed E-state index contributed by atoms with van der Waals surface area (Å²) in [7, 11) is 0. The zero-order chi connectivity index (χ0) is 12.4. The van der Waals surface area contributed by atoms with Gasteiger partial charge in [0.2, 0.25) is 0 Å². The molecule has 1 aromatic rings. The molecule has 0 aliphatic heterocycles. The smallest absolute Gasteiger partial charge is 0.404 e. The zero-order valence-corrected chi connectivity index (χ0v) is 9.44. The van der Waals surface area contributed by atoms with E-state index in [4.69, 9.17) is 16.6 Å². The Morgan fingerprint density at radius 1 is 1.31 bits per heavy atom. The highest BCUT2D eigenvalue weighted by atomic mass is 16.4. The third kappa shape index (κ3) is 6.80. The molecule has 6 N–H and O–H groups in total. The third-order valence-corrected chi connectivity index (χ3v) is 1.79. The van der Waals surface area contributed by atoms with Crippen molar-refractivity contribution in [1.82, 2.24) is 5.32 Å². The van der Waals surface area contributed by atoms with Crippen LogP contribution in [0, 0.1) is 0 Å². The largest absolute Gasteiger partial charge is 0.465 e. The number of nitrogens with one attached hydrogen (secondary N) is 1. The summed E-state index contributed by atoms with van der Waals surface area (Å²) in [5.74, 6) is 0. The summed E-state index contributed by atoms with van der Waals surface area (Å²) in [4.78, 5) is 9.49. The second kappa shape index (κ2) is 8.70. The number of carbonyl (C=O) groups is 1. The van der Waals surface area contributed by atoms with Crippen molar-refractivity contribution >= 4 is 6.09 Å². The van der Waals surface area contributed by atoms with Gasteiger partial charge in [0, 0.05) is 19.6 Å². The highest BCUT2D eigenvalue weighted by Crippen LogP contribution is 2.02. The van der Waals surface area contributed by atoms with Crippen LogP contribution in [0.1, 0.15) is 18.1 Å². The standard InChI is InChI=1S/C8H12N2.C3H7NO2/c9-5-7-2-1-3-8(4-7)6-10;1-2-4-3(5)6/h1-4H,5-6,9-10H2;4H,2H2,1H3,(H,5,6). The fourth-order valence-electron chi connectivity index (χ4n) is 1.03. The van der Waals surface area contributed by atoms with Gasteiger partial charge in [0.05, 0.1) is 0 Å². The monoisotopic (exact) mass is 225 g/mol. The molecule has 1 aromatic carbocycles. The summed E-state index contributed by atoms with van der Waals surface area (Å²) in [5, 5.41) is 9.93. The summed E-state index contributed by atoms with van der Waals surface area (Å²) >= 11 is 0. The van der Waals surface area contributed by atoms with E-state index in [1.54, 1.807) is 6.92 Å². The molecular weight excluding hydrogens is 206 g/mol. The lowest BCUT2D eigenvalue weighted by Crippen LogP contribution is -2.19. The van der Waals surface area contributed by atoms with Gasteiger partial charge in [0.15, 0.2) is 0 Å². The summed E-state index contributed by atoms with van der Waals surface area (Å²) in [6.07, 6.45) is -0.961. The van der Waals surface area contributed by atoms with Crippen molar-refractivity contribution in [3.63, 3.8) is 0 Å². The Bertz CT molecular complexity index is 297. The molecule has 0 bridgehead atoms. The average Bonchev–Trinajstić information content (AvgIpc) is 2.29. The van der Waals surface area contributed by atoms with Gasteiger partial charge in [0.25, 0.3) is 0 Å².